The van der Waals surface area contributed by atoms with Gasteiger partial charge in [0.15, 0.2) is 17.5 Å². The third-order valence-corrected chi connectivity index (χ3v) is 7.33. The van der Waals surface area contributed by atoms with Gasteiger partial charge in [0.2, 0.25) is 0 Å². The van der Waals surface area contributed by atoms with E-state index in [2.05, 4.69) is 42.5 Å². The van der Waals surface area contributed by atoms with Crippen LogP contribution in [0, 0.1) is 0 Å². The van der Waals surface area contributed by atoms with Crippen molar-refractivity contribution < 1.29 is 4.42 Å². The predicted molar refractivity (Wildman–Crippen MR) is 164 cm³/mol. The number of furan rings is 1. The Morgan fingerprint density at radius 2 is 1.15 bits per heavy atom. The Balaban J connectivity index is 1.37. The molecule has 0 saturated heterocycles. The van der Waals surface area contributed by atoms with Gasteiger partial charge in [0.25, 0.3) is 0 Å². The van der Waals surface area contributed by atoms with Gasteiger partial charge in [0, 0.05) is 27.3 Å². The third kappa shape index (κ3) is 4.12. The van der Waals surface area contributed by atoms with Gasteiger partial charge in [0.1, 0.15) is 16.9 Å². The minimum absolute atomic E-state index is 0.519. The summed E-state index contributed by atoms with van der Waals surface area (Å²) >= 11 is 0. The van der Waals surface area contributed by atoms with E-state index in [4.69, 9.17) is 24.4 Å². The quantitative estimate of drug-likeness (QED) is 0.229. The highest BCUT2D eigenvalue weighted by molar-refractivity contribution is 6.11. The summed E-state index contributed by atoms with van der Waals surface area (Å²) in [4.78, 5) is 19.9. The average molecular weight is 527 g/mol. The van der Waals surface area contributed by atoms with E-state index in [0.717, 1.165) is 55.1 Å². The van der Waals surface area contributed by atoms with Crippen LogP contribution in [0.5, 0.6) is 0 Å². The molecule has 0 unspecified atom stereocenters. The number of rotatable bonds is 4. The molecule has 0 amide bonds. The molecule has 0 spiro atoms. The van der Waals surface area contributed by atoms with Crippen LogP contribution in [0.1, 0.15) is 0 Å². The Morgan fingerprint density at radius 1 is 0.439 bits per heavy atom. The van der Waals surface area contributed by atoms with Crippen molar-refractivity contribution >= 4 is 32.8 Å². The predicted octanol–water partition coefficient (Wildman–Crippen LogP) is 8.99. The zero-order valence-electron chi connectivity index (χ0n) is 21.9. The van der Waals surface area contributed by atoms with Crippen LogP contribution >= 0.6 is 0 Å². The maximum atomic E-state index is 6.17. The maximum Gasteiger partial charge on any atom is 0.182 e. The molecule has 3 heterocycles. The molecule has 0 atom stereocenters. The van der Waals surface area contributed by atoms with Gasteiger partial charge in [0.05, 0.1) is 5.52 Å². The number of hydrogen-bond acceptors (Lipinski definition) is 5. The van der Waals surface area contributed by atoms with Crippen molar-refractivity contribution in [3.05, 3.63) is 133 Å². The Morgan fingerprint density at radius 3 is 2.10 bits per heavy atom. The summed E-state index contributed by atoms with van der Waals surface area (Å²) in [6.45, 7) is 0. The molecule has 0 radical (unpaired) electrons. The summed E-state index contributed by atoms with van der Waals surface area (Å²) in [5.74, 6) is 1.68. The summed E-state index contributed by atoms with van der Waals surface area (Å²) in [7, 11) is 0. The highest BCUT2D eigenvalue weighted by Crippen LogP contribution is 2.36. The molecule has 8 rings (SSSR count). The molecule has 3 aromatic heterocycles. The standard InChI is InChI=1S/C36H22N4O/c1-2-10-23(11-3-1)25-13-8-14-26(22-25)34-38-35(28-16-9-19-32-33(28)27-15-5-7-18-31(27)41-32)40-36(39-34)30-21-20-24-12-4-6-17-29(24)37-30/h1-22H. The number of hydrogen-bond donors (Lipinski definition) is 0. The molecular weight excluding hydrogens is 504 g/mol. The van der Waals surface area contributed by atoms with E-state index < -0.39 is 0 Å². The van der Waals surface area contributed by atoms with E-state index in [0.29, 0.717) is 23.2 Å². The van der Waals surface area contributed by atoms with E-state index >= 15 is 0 Å². The van der Waals surface area contributed by atoms with E-state index in [1.54, 1.807) is 0 Å². The highest BCUT2D eigenvalue weighted by Gasteiger charge is 2.18. The molecule has 0 fully saturated rings. The minimum Gasteiger partial charge on any atom is -0.456 e. The Kier molecular flexibility index (Phi) is 5.38. The number of nitrogens with zero attached hydrogens (tertiary/aromatic N) is 4. The summed E-state index contributed by atoms with van der Waals surface area (Å²) in [6, 6.07) is 44.8. The Hall–Kier alpha value is -5.68. The number of aromatic nitrogens is 4. The summed E-state index contributed by atoms with van der Waals surface area (Å²) in [6.07, 6.45) is 0. The fraction of sp³-hybridized carbons (Fsp3) is 0. The summed E-state index contributed by atoms with van der Waals surface area (Å²) in [5, 5.41) is 3.07. The molecule has 192 valence electrons. The van der Waals surface area contributed by atoms with Crippen molar-refractivity contribution in [2.75, 3.05) is 0 Å². The monoisotopic (exact) mass is 526 g/mol. The molecule has 0 aliphatic heterocycles. The molecule has 8 aromatic rings. The van der Waals surface area contributed by atoms with Crippen LogP contribution in [0.15, 0.2) is 138 Å². The SMILES string of the molecule is c1ccc(-c2cccc(-c3nc(-c4ccc5ccccc5n4)nc(-c4cccc5oc6ccccc6c45)n3)c2)cc1. The van der Waals surface area contributed by atoms with Crippen molar-refractivity contribution in [3.63, 3.8) is 0 Å². The molecule has 0 aliphatic rings. The first-order valence-electron chi connectivity index (χ1n) is 13.5. The molecular formula is C36H22N4O. The van der Waals surface area contributed by atoms with Gasteiger partial charge in [-0.1, -0.05) is 103 Å². The third-order valence-electron chi connectivity index (χ3n) is 7.33. The number of fused-ring (bicyclic) bond motifs is 4. The lowest BCUT2D eigenvalue weighted by Gasteiger charge is -2.10. The molecule has 0 bridgehead atoms. The van der Waals surface area contributed by atoms with Crippen LogP contribution < -0.4 is 0 Å². The Bertz CT molecular complexity index is 2220. The zero-order valence-corrected chi connectivity index (χ0v) is 21.9. The largest absolute Gasteiger partial charge is 0.456 e. The highest BCUT2D eigenvalue weighted by atomic mass is 16.3. The van der Waals surface area contributed by atoms with Crippen molar-refractivity contribution in [1.82, 2.24) is 19.9 Å². The normalized spacial score (nSPS) is 11.4. The van der Waals surface area contributed by atoms with Crippen molar-refractivity contribution in [2.45, 2.75) is 0 Å². The second-order valence-corrected chi connectivity index (χ2v) is 9.92. The van der Waals surface area contributed by atoms with E-state index in [1.165, 1.54) is 0 Å². The lowest BCUT2D eigenvalue weighted by Crippen LogP contribution is -2.01. The van der Waals surface area contributed by atoms with Crippen LogP contribution in [-0.2, 0) is 0 Å². The molecule has 5 aromatic carbocycles. The number of benzene rings is 5. The smallest absolute Gasteiger partial charge is 0.182 e. The number of para-hydroxylation sites is 2. The molecule has 5 heteroatoms. The van der Waals surface area contributed by atoms with Crippen molar-refractivity contribution in [1.29, 1.82) is 0 Å². The average Bonchev–Trinajstić information content (AvgIpc) is 3.44. The fourth-order valence-electron chi connectivity index (χ4n) is 5.36. The van der Waals surface area contributed by atoms with Crippen LogP contribution in [0.3, 0.4) is 0 Å². The first-order chi connectivity index (χ1) is 20.3. The zero-order chi connectivity index (χ0) is 27.2. The van der Waals surface area contributed by atoms with Crippen LogP contribution in [0.4, 0.5) is 0 Å². The topological polar surface area (TPSA) is 64.7 Å². The first-order valence-corrected chi connectivity index (χ1v) is 13.5. The van der Waals surface area contributed by atoms with Gasteiger partial charge in [-0.25, -0.2) is 19.9 Å². The molecule has 41 heavy (non-hydrogen) atoms. The summed E-state index contributed by atoms with van der Waals surface area (Å²) < 4.78 is 6.17. The second kappa shape index (κ2) is 9.50. The lowest BCUT2D eigenvalue weighted by molar-refractivity contribution is 0.669. The lowest BCUT2D eigenvalue weighted by atomic mass is 10.0. The van der Waals surface area contributed by atoms with Crippen molar-refractivity contribution in [2.24, 2.45) is 0 Å². The molecule has 5 nitrogen and oxygen atoms in total. The van der Waals surface area contributed by atoms with Gasteiger partial charge in [-0.3, -0.25) is 0 Å². The van der Waals surface area contributed by atoms with E-state index in [1.807, 2.05) is 91.0 Å². The first kappa shape index (κ1) is 23.2. The van der Waals surface area contributed by atoms with Crippen molar-refractivity contribution in [3.8, 4) is 45.4 Å². The Labute approximate surface area is 235 Å². The molecule has 0 aliphatic carbocycles. The second-order valence-electron chi connectivity index (χ2n) is 9.92. The maximum absolute atomic E-state index is 6.17. The molecule has 0 saturated carbocycles. The molecule has 0 N–H and O–H groups in total. The van der Waals surface area contributed by atoms with E-state index in [9.17, 15) is 0 Å². The van der Waals surface area contributed by atoms with Crippen LogP contribution in [0.2, 0.25) is 0 Å². The van der Waals surface area contributed by atoms with Gasteiger partial charge in [-0.05, 0) is 41.5 Å². The van der Waals surface area contributed by atoms with Gasteiger partial charge in [-0.2, -0.15) is 0 Å². The van der Waals surface area contributed by atoms with Crippen LogP contribution in [-0.4, -0.2) is 19.9 Å². The van der Waals surface area contributed by atoms with Gasteiger partial charge >= 0.3 is 0 Å². The minimum atomic E-state index is 0.519. The van der Waals surface area contributed by atoms with Crippen LogP contribution in [0.25, 0.3) is 78.3 Å². The fourth-order valence-corrected chi connectivity index (χ4v) is 5.36. The number of pyridine rings is 1. The van der Waals surface area contributed by atoms with E-state index in [-0.39, 0.29) is 0 Å². The summed E-state index contributed by atoms with van der Waals surface area (Å²) in [5.41, 5.74) is 7.23. The van der Waals surface area contributed by atoms with Gasteiger partial charge in [-0.15, -0.1) is 0 Å². The van der Waals surface area contributed by atoms with Gasteiger partial charge < -0.3 is 4.42 Å².